The Labute approximate surface area is 185 Å². The van der Waals surface area contributed by atoms with E-state index in [9.17, 15) is 14.4 Å². The summed E-state index contributed by atoms with van der Waals surface area (Å²) in [5.41, 5.74) is 1.05. The molecule has 0 radical (unpaired) electrons. The molecule has 0 saturated heterocycles. The van der Waals surface area contributed by atoms with Crippen molar-refractivity contribution in [3.8, 4) is 0 Å². The van der Waals surface area contributed by atoms with Crippen LogP contribution in [0, 0.1) is 17.8 Å². The molecule has 1 aliphatic rings. The predicted molar refractivity (Wildman–Crippen MR) is 124 cm³/mol. The van der Waals surface area contributed by atoms with Crippen LogP contribution in [0.2, 0.25) is 0 Å². The van der Waals surface area contributed by atoms with Gasteiger partial charge in [0.05, 0.1) is 6.04 Å². The van der Waals surface area contributed by atoms with Crippen molar-refractivity contribution in [1.29, 1.82) is 0 Å². The van der Waals surface area contributed by atoms with Gasteiger partial charge in [-0.25, -0.2) is 0 Å². The Hall–Kier alpha value is -2.69. The van der Waals surface area contributed by atoms with Crippen molar-refractivity contribution in [2.24, 2.45) is 17.8 Å². The Morgan fingerprint density at radius 2 is 1.65 bits per heavy atom. The van der Waals surface area contributed by atoms with E-state index >= 15 is 0 Å². The molecule has 1 saturated carbocycles. The average Bonchev–Trinajstić information content (AvgIpc) is 2.76. The molecule has 0 aliphatic heterocycles. The molecule has 5 nitrogen and oxygen atoms in total. The molecule has 5 heteroatoms. The van der Waals surface area contributed by atoms with E-state index in [-0.39, 0.29) is 29.4 Å². The van der Waals surface area contributed by atoms with E-state index in [4.69, 9.17) is 0 Å². The zero-order valence-corrected chi connectivity index (χ0v) is 18.8. The maximum Gasteiger partial charge on any atom is 0.223 e. The van der Waals surface area contributed by atoms with Crippen LogP contribution in [0.1, 0.15) is 52.0 Å². The molecular weight excluding hydrogens is 388 g/mol. The van der Waals surface area contributed by atoms with Crippen LogP contribution < -0.4 is 10.6 Å². The monoisotopic (exact) mass is 422 g/mol. The fourth-order valence-electron chi connectivity index (χ4n) is 4.43. The van der Waals surface area contributed by atoms with Gasteiger partial charge in [-0.3, -0.25) is 14.4 Å². The summed E-state index contributed by atoms with van der Waals surface area (Å²) in [6.45, 7) is 5.98. The number of amides is 2. The fourth-order valence-corrected chi connectivity index (χ4v) is 4.43. The quantitative estimate of drug-likeness (QED) is 0.674. The highest BCUT2D eigenvalue weighted by Gasteiger charge is 2.30. The van der Waals surface area contributed by atoms with Gasteiger partial charge < -0.3 is 10.6 Å². The van der Waals surface area contributed by atoms with Gasteiger partial charge in [-0.2, -0.15) is 0 Å². The minimum Gasteiger partial charge on any atom is -0.356 e. The van der Waals surface area contributed by atoms with Gasteiger partial charge in [-0.1, -0.05) is 56.3 Å². The minimum absolute atomic E-state index is 0.0106. The lowest BCUT2D eigenvalue weighted by atomic mass is 9.81. The number of carbonyl (C=O) groups excluding carboxylic acids is 3. The first-order valence-corrected chi connectivity index (χ1v) is 11.4. The third kappa shape index (κ3) is 6.39. The van der Waals surface area contributed by atoms with Gasteiger partial charge in [0.25, 0.3) is 0 Å². The number of hydrogen-bond donors (Lipinski definition) is 2. The number of fused-ring (bicyclic) bond motifs is 1. The lowest BCUT2D eigenvalue weighted by Crippen LogP contribution is -2.47. The Morgan fingerprint density at radius 1 is 0.968 bits per heavy atom. The van der Waals surface area contributed by atoms with Crippen LogP contribution in [-0.2, 0) is 20.8 Å². The number of nitrogens with one attached hydrogen (secondary N) is 2. The highest BCUT2D eigenvalue weighted by molar-refractivity contribution is 5.91. The molecule has 0 aromatic heterocycles. The Kier molecular flexibility index (Phi) is 7.83. The summed E-state index contributed by atoms with van der Waals surface area (Å²) < 4.78 is 0. The molecular formula is C26H34N2O3. The number of rotatable bonds is 8. The summed E-state index contributed by atoms with van der Waals surface area (Å²) in [5, 5.41) is 8.25. The second-order valence-corrected chi connectivity index (χ2v) is 9.16. The zero-order chi connectivity index (χ0) is 22.4. The zero-order valence-electron chi connectivity index (χ0n) is 18.8. The van der Waals surface area contributed by atoms with Gasteiger partial charge in [-0.15, -0.1) is 0 Å². The summed E-state index contributed by atoms with van der Waals surface area (Å²) in [4.78, 5) is 37.0. The third-order valence-electron chi connectivity index (χ3n) is 6.34. The van der Waals surface area contributed by atoms with Crippen LogP contribution in [0.3, 0.4) is 0 Å². The van der Waals surface area contributed by atoms with E-state index in [1.54, 1.807) is 0 Å². The standard InChI is InChI=1S/C26H34N2O3/c1-17(2)25(30)24(15-20-10-11-21-6-4-5-7-23(21)14-20)28-26(31)22-12-8-19(9-13-22)16-27-18(3)29/h4-7,10-11,14,17,19,22,24H,8-9,12-13,15-16H2,1-3H3,(H,27,29)(H,28,31). The van der Waals surface area contributed by atoms with Gasteiger partial charge in [0.1, 0.15) is 0 Å². The smallest absolute Gasteiger partial charge is 0.223 e. The van der Waals surface area contributed by atoms with Crippen LogP contribution >= 0.6 is 0 Å². The molecule has 166 valence electrons. The van der Waals surface area contributed by atoms with E-state index in [2.05, 4.69) is 34.9 Å². The topological polar surface area (TPSA) is 75.3 Å². The first kappa shape index (κ1) is 23.0. The molecule has 31 heavy (non-hydrogen) atoms. The summed E-state index contributed by atoms with van der Waals surface area (Å²) >= 11 is 0. The molecule has 0 heterocycles. The van der Waals surface area contributed by atoms with Gasteiger partial charge in [0, 0.05) is 25.3 Å². The molecule has 2 aromatic rings. The first-order valence-electron chi connectivity index (χ1n) is 11.4. The number of hydrogen-bond acceptors (Lipinski definition) is 3. The lowest BCUT2D eigenvalue weighted by Gasteiger charge is -2.29. The predicted octanol–water partition coefficient (Wildman–Crippen LogP) is 4.03. The number of Topliss-reactive ketones (excluding diaryl/α,β-unsaturated/α-hetero) is 1. The Balaban J connectivity index is 1.63. The van der Waals surface area contributed by atoms with E-state index in [0.717, 1.165) is 42.0 Å². The second-order valence-electron chi connectivity index (χ2n) is 9.16. The molecule has 2 amide bonds. The van der Waals surface area contributed by atoms with Crippen LogP contribution in [0.5, 0.6) is 0 Å². The van der Waals surface area contributed by atoms with Crippen LogP contribution in [0.25, 0.3) is 10.8 Å². The lowest BCUT2D eigenvalue weighted by molar-refractivity contribution is -0.132. The highest BCUT2D eigenvalue weighted by atomic mass is 16.2. The van der Waals surface area contributed by atoms with Crippen molar-refractivity contribution < 1.29 is 14.4 Å². The molecule has 1 atom stereocenters. The highest BCUT2D eigenvalue weighted by Crippen LogP contribution is 2.29. The van der Waals surface area contributed by atoms with E-state index in [0.29, 0.717) is 18.9 Å². The minimum atomic E-state index is -0.509. The van der Waals surface area contributed by atoms with Crippen molar-refractivity contribution >= 4 is 28.4 Å². The molecule has 3 rings (SSSR count). The molecule has 1 aliphatic carbocycles. The summed E-state index contributed by atoms with van der Waals surface area (Å²) in [6.07, 6.45) is 3.95. The molecule has 1 fully saturated rings. The van der Waals surface area contributed by atoms with E-state index < -0.39 is 6.04 Å². The molecule has 2 N–H and O–H groups in total. The molecule has 0 spiro atoms. The average molecular weight is 423 g/mol. The Morgan fingerprint density at radius 3 is 2.29 bits per heavy atom. The second kappa shape index (κ2) is 10.6. The van der Waals surface area contributed by atoms with E-state index in [1.807, 2.05) is 32.0 Å². The fraction of sp³-hybridized carbons (Fsp3) is 0.500. The van der Waals surface area contributed by atoms with Crippen LogP contribution in [-0.4, -0.2) is 30.2 Å². The van der Waals surface area contributed by atoms with Gasteiger partial charge >= 0.3 is 0 Å². The maximum absolute atomic E-state index is 13.0. The van der Waals surface area contributed by atoms with Crippen molar-refractivity contribution in [2.75, 3.05) is 6.54 Å². The number of carbonyl (C=O) groups is 3. The summed E-state index contributed by atoms with van der Waals surface area (Å²) in [6, 6.07) is 13.9. The summed E-state index contributed by atoms with van der Waals surface area (Å²) in [7, 11) is 0. The van der Waals surface area contributed by atoms with Gasteiger partial charge in [0.15, 0.2) is 5.78 Å². The SMILES string of the molecule is CC(=O)NCC1CCC(C(=O)NC(Cc2ccc3ccccc3c2)C(=O)C(C)C)CC1. The van der Waals surface area contributed by atoms with Crippen LogP contribution in [0.4, 0.5) is 0 Å². The van der Waals surface area contributed by atoms with Gasteiger partial charge in [-0.05, 0) is 54.4 Å². The normalized spacial score (nSPS) is 19.7. The maximum atomic E-state index is 13.0. The van der Waals surface area contributed by atoms with E-state index in [1.165, 1.54) is 6.92 Å². The summed E-state index contributed by atoms with van der Waals surface area (Å²) in [5.74, 6) is 0.271. The number of benzene rings is 2. The van der Waals surface area contributed by atoms with Crippen molar-refractivity contribution in [1.82, 2.24) is 10.6 Å². The van der Waals surface area contributed by atoms with Gasteiger partial charge in [0.2, 0.25) is 11.8 Å². The third-order valence-corrected chi connectivity index (χ3v) is 6.34. The number of ketones is 1. The van der Waals surface area contributed by atoms with Crippen LogP contribution in [0.15, 0.2) is 42.5 Å². The van der Waals surface area contributed by atoms with Crippen molar-refractivity contribution in [3.63, 3.8) is 0 Å². The Bertz CT molecular complexity index is 929. The molecule has 0 bridgehead atoms. The largest absolute Gasteiger partial charge is 0.356 e. The van der Waals surface area contributed by atoms with Crippen molar-refractivity contribution in [2.45, 2.75) is 58.9 Å². The van der Waals surface area contributed by atoms with Crippen molar-refractivity contribution in [3.05, 3.63) is 48.0 Å². The molecule has 2 aromatic carbocycles. The first-order chi connectivity index (χ1) is 14.8. The molecule has 1 unspecified atom stereocenters.